The summed E-state index contributed by atoms with van der Waals surface area (Å²) in [6.45, 7) is 7.61. The number of hydrogen-bond donors (Lipinski definition) is 1. The van der Waals surface area contributed by atoms with Gasteiger partial charge in [-0.25, -0.2) is 9.78 Å². The summed E-state index contributed by atoms with van der Waals surface area (Å²) in [5.41, 5.74) is 6.04. The van der Waals surface area contributed by atoms with Crippen LogP contribution < -0.4 is 17.0 Å². The van der Waals surface area contributed by atoms with E-state index in [0.717, 1.165) is 23.2 Å². The third kappa shape index (κ3) is 2.61. The van der Waals surface area contributed by atoms with Gasteiger partial charge in [0.1, 0.15) is 5.82 Å². The minimum atomic E-state index is -0.307. The molecule has 7 heteroatoms. The van der Waals surface area contributed by atoms with Gasteiger partial charge in [0.05, 0.1) is 0 Å². The summed E-state index contributed by atoms with van der Waals surface area (Å²) < 4.78 is 4.64. The van der Waals surface area contributed by atoms with Crippen LogP contribution in [-0.4, -0.2) is 25.2 Å². The first kappa shape index (κ1) is 16.5. The van der Waals surface area contributed by atoms with E-state index in [9.17, 15) is 9.59 Å². The van der Waals surface area contributed by atoms with E-state index in [4.69, 9.17) is 5.73 Å². The Hall–Kier alpha value is -1.89. The van der Waals surface area contributed by atoms with Crippen molar-refractivity contribution in [2.75, 3.05) is 6.54 Å². The van der Waals surface area contributed by atoms with Crippen molar-refractivity contribution in [1.29, 1.82) is 0 Å². The van der Waals surface area contributed by atoms with E-state index in [1.165, 1.54) is 7.05 Å². The van der Waals surface area contributed by atoms with Gasteiger partial charge in [0.15, 0.2) is 11.2 Å². The maximum absolute atomic E-state index is 12.6. The molecule has 2 heterocycles. The van der Waals surface area contributed by atoms with Crippen molar-refractivity contribution in [2.24, 2.45) is 12.8 Å². The first-order valence-corrected chi connectivity index (χ1v) is 7.84. The number of fused-ring (bicyclic) bond motifs is 1. The van der Waals surface area contributed by atoms with E-state index in [1.54, 1.807) is 4.57 Å². The monoisotopic (exact) mass is 307 g/mol. The van der Waals surface area contributed by atoms with Gasteiger partial charge in [-0.2, -0.15) is 0 Å². The first-order chi connectivity index (χ1) is 10.4. The molecule has 0 spiro atoms. The maximum Gasteiger partial charge on any atom is 0.332 e. The van der Waals surface area contributed by atoms with Crippen LogP contribution in [-0.2, 0) is 20.1 Å². The van der Waals surface area contributed by atoms with Crippen LogP contribution in [0.3, 0.4) is 0 Å². The lowest BCUT2D eigenvalue weighted by Gasteiger charge is -2.10. The Labute approximate surface area is 129 Å². The molecule has 0 saturated carbocycles. The average Bonchev–Trinajstić information content (AvgIpc) is 2.85. The number of imidazole rings is 1. The molecule has 0 aliphatic carbocycles. The van der Waals surface area contributed by atoms with Gasteiger partial charge in [-0.05, 0) is 6.42 Å². The Bertz CT molecular complexity index is 782. The van der Waals surface area contributed by atoms with Crippen molar-refractivity contribution in [1.82, 2.24) is 18.7 Å². The number of hydrogen-bond acceptors (Lipinski definition) is 4. The number of aryl methyl sites for hydroxylation is 1. The largest absolute Gasteiger partial charge is 0.332 e. The SMILES string of the molecule is CCCCn1c(=O)n(C)c(=O)c2c1nc(C(C)C)n2CCN. The quantitative estimate of drug-likeness (QED) is 0.854. The second-order valence-electron chi connectivity index (χ2n) is 5.89. The van der Waals surface area contributed by atoms with Crippen molar-refractivity contribution in [3.8, 4) is 0 Å². The van der Waals surface area contributed by atoms with Crippen LogP contribution in [0, 0.1) is 0 Å². The van der Waals surface area contributed by atoms with Crippen molar-refractivity contribution >= 4 is 11.2 Å². The lowest BCUT2D eigenvalue weighted by Crippen LogP contribution is -2.39. The Morgan fingerprint density at radius 1 is 1.18 bits per heavy atom. The second kappa shape index (κ2) is 6.48. The number of nitrogens with zero attached hydrogens (tertiary/aromatic N) is 4. The van der Waals surface area contributed by atoms with Crippen molar-refractivity contribution in [3.05, 3.63) is 26.7 Å². The lowest BCUT2D eigenvalue weighted by molar-refractivity contribution is 0.583. The van der Waals surface area contributed by atoms with Crippen molar-refractivity contribution < 1.29 is 0 Å². The minimum absolute atomic E-state index is 0.151. The molecule has 0 bridgehead atoms. The van der Waals surface area contributed by atoms with Gasteiger partial charge in [-0.3, -0.25) is 13.9 Å². The molecule has 7 nitrogen and oxygen atoms in total. The van der Waals surface area contributed by atoms with Gasteiger partial charge in [-0.1, -0.05) is 27.2 Å². The summed E-state index contributed by atoms with van der Waals surface area (Å²) in [7, 11) is 1.52. The molecule has 2 N–H and O–H groups in total. The Morgan fingerprint density at radius 3 is 2.41 bits per heavy atom. The summed E-state index contributed by atoms with van der Waals surface area (Å²) in [6.07, 6.45) is 1.84. The molecule has 0 radical (unpaired) electrons. The third-order valence-electron chi connectivity index (χ3n) is 3.86. The molecule has 122 valence electrons. The zero-order valence-electron chi connectivity index (χ0n) is 13.8. The highest BCUT2D eigenvalue weighted by molar-refractivity contribution is 5.71. The predicted octanol–water partition coefficient (Wildman–Crippen LogP) is 0.779. The van der Waals surface area contributed by atoms with Crippen LogP contribution in [0.5, 0.6) is 0 Å². The summed E-state index contributed by atoms with van der Waals surface area (Å²) in [4.78, 5) is 29.6. The van der Waals surface area contributed by atoms with Gasteiger partial charge < -0.3 is 10.3 Å². The van der Waals surface area contributed by atoms with Crippen LogP contribution in [0.25, 0.3) is 11.2 Å². The van der Waals surface area contributed by atoms with Crippen LogP contribution in [0.1, 0.15) is 45.4 Å². The van der Waals surface area contributed by atoms with Crippen LogP contribution in [0.2, 0.25) is 0 Å². The fraction of sp³-hybridized carbons (Fsp3) is 0.667. The highest BCUT2D eigenvalue weighted by Gasteiger charge is 2.21. The number of aromatic nitrogens is 4. The molecule has 2 aromatic rings. The molecule has 0 aromatic carbocycles. The highest BCUT2D eigenvalue weighted by atomic mass is 16.2. The van der Waals surface area contributed by atoms with E-state index in [-0.39, 0.29) is 17.2 Å². The van der Waals surface area contributed by atoms with Gasteiger partial charge in [0, 0.05) is 32.6 Å². The molecule has 0 unspecified atom stereocenters. The molecule has 22 heavy (non-hydrogen) atoms. The molecule has 2 aromatic heterocycles. The van der Waals surface area contributed by atoms with E-state index in [1.807, 2.05) is 18.4 Å². The molecular formula is C15H25N5O2. The zero-order valence-corrected chi connectivity index (χ0v) is 13.8. The highest BCUT2D eigenvalue weighted by Crippen LogP contribution is 2.19. The summed E-state index contributed by atoms with van der Waals surface area (Å²) in [5, 5.41) is 0. The Balaban J connectivity index is 2.88. The van der Waals surface area contributed by atoms with Gasteiger partial charge in [0.25, 0.3) is 5.56 Å². The molecule has 0 atom stereocenters. The van der Waals surface area contributed by atoms with Gasteiger partial charge in [-0.15, -0.1) is 0 Å². The zero-order chi connectivity index (χ0) is 16.4. The van der Waals surface area contributed by atoms with Gasteiger partial charge in [0.2, 0.25) is 0 Å². The summed E-state index contributed by atoms with van der Waals surface area (Å²) in [5.74, 6) is 0.951. The summed E-state index contributed by atoms with van der Waals surface area (Å²) in [6, 6.07) is 0. The molecule has 0 amide bonds. The van der Waals surface area contributed by atoms with E-state index in [2.05, 4.69) is 11.9 Å². The fourth-order valence-corrected chi connectivity index (χ4v) is 2.69. The smallest absolute Gasteiger partial charge is 0.329 e. The molecule has 0 aliphatic rings. The van der Waals surface area contributed by atoms with E-state index < -0.39 is 0 Å². The Kier molecular flexibility index (Phi) is 4.85. The van der Waals surface area contributed by atoms with Crippen LogP contribution in [0.4, 0.5) is 0 Å². The average molecular weight is 307 g/mol. The molecule has 0 saturated heterocycles. The Morgan fingerprint density at radius 2 is 1.86 bits per heavy atom. The molecular weight excluding hydrogens is 282 g/mol. The van der Waals surface area contributed by atoms with Crippen molar-refractivity contribution in [2.45, 2.75) is 52.6 Å². The maximum atomic E-state index is 12.6. The van der Waals surface area contributed by atoms with Crippen molar-refractivity contribution in [3.63, 3.8) is 0 Å². The molecule has 2 rings (SSSR count). The number of unbranched alkanes of at least 4 members (excludes halogenated alkanes) is 1. The van der Waals surface area contributed by atoms with E-state index in [0.29, 0.717) is 30.8 Å². The van der Waals surface area contributed by atoms with Crippen LogP contribution >= 0.6 is 0 Å². The topological polar surface area (TPSA) is 87.8 Å². The lowest BCUT2D eigenvalue weighted by atomic mass is 10.2. The van der Waals surface area contributed by atoms with Gasteiger partial charge >= 0.3 is 5.69 Å². The number of nitrogens with two attached hydrogens (primary N) is 1. The predicted molar refractivity (Wildman–Crippen MR) is 87.3 cm³/mol. The molecule has 0 fully saturated rings. The molecule has 0 aliphatic heterocycles. The third-order valence-corrected chi connectivity index (χ3v) is 3.86. The van der Waals surface area contributed by atoms with Crippen LogP contribution in [0.15, 0.2) is 9.59 Å². The first-order valence-electron chi connectivity index (χ1n) is 7.84. The van der Waals surface area contributed by atoms with E-state index >= 15 is 0 Å². The fourth-order valence-electron chi connectivity index (χ4n) is 2.69. The minimum Gasteiger partial charge on any atom is -0.329 e. The summed E-state index contributed by atoms with van der Waals surface area (Å²) >= 11 is 0. The normalized spacial score (nSPS) is 11.7. The number of rotatable bonds is 6. The standard InChI is InChI=1S/C15H25N5O2/c1-5-6-8-20-13-11(14(21)18(4)15(20)22)19(9-7-16)12(17-13)10(2)3/h10H,5-9,16H2,1-4H3. The second-order valence-corrected chi connectivity index (χ2v) is 5.89.